The van der Waals surface area contributed by atoms with Crippen LogP contribution in [0.5, 0.6) is 5.88 Å². The van der Waals surface area contributed by atoms with Crippen LogP contribution in [0, 0.1) is 10.1 Å². The SMILES string of the molecule is CC(C)(C)OC(=O)C(N)CC(=O)n1c(O)cn(N=Cc2ccc(-c3ccc([N+](=O)[O-])cc3)o2)c1=O. The van der Waals surface area contributed by atoms with Crippen molar-refractivity contribution in [2.75, 3.05) is 0 Å². The van der Waals surface area contributed by atoms with Gasteiger partial charge in [0.05, 0.1) is 23.8 Å². The monoisotopic (exact) mass is 485 g/mol. The second kappa shape index (κ2) is 9.77. The van der Waals surface area contributed by atoms with Crippen molar-refractivity contribution < 1.29 is 28.8 Å². The van der Waals surface area contributed by atoms with E-state index in [1.54, 1.807) is 32.9 Å². The molecule has 0 spiro atoms. The Morgan fingerprint density at radius 2 is 1.91 bits per heavy atom. The molecule has 1 atom stereocenters. The molecule has 2 heterocycles. The third-order valence-corrected chi connectivity index (χ3v) is 4.51. The van der Waals surface area contributed by atoms with Gasteiger partial charge in [-0.25, -0.2) is 4.79 Å². The molecule has 0 radical (unpaired) electrons. The van der Waals surface area contributed by atoms with Gasteiger partial charge in [0, 0.05) is 17.7 Å². The number of nitrogens with zero attached hydrogens (tertiary/aromatic N) is 4. The predicted molar refractivity (Wildman–Crippen MR) is 123 cm³/mol. The van der Waals surface area contributed by atoms with Crippen molar-refractivity contribution in [1.82, 2.24) is 9.24 Å². The molecule has 0 aliphatic carbocycles. The number of non-ortho nitro benzene ring substituents is 1. The highest BCUT2D eigenvalue weighted by Crippen LogP contribution is 2.24. The molecule has 13 nitrogen and oxygen atoms in total. The van der Waals surface area contributed by atoms with E-state index < -0.39 is 46.4 Å². The highest BCUT2D eigenvalue weighted by Gasteiger charge is 2.27. The maximum atomic E-state index is 12.5. The van der Waals surface area contributed by atoms with Crippen LogP contribution in [0.3, 0.4) is 0 Å². The van der Waals surface area contributed by atoms with Gasteiger partial charge in [0.1, 0.15) is 23.2 Å². The van der Waals surface area contributed by atoms with Crippen LogP contribution in [0.4, 0.5) is 5.69 Å². The van der Waals surface area contributed by atoms with Crippen LogP contribution in [0.2, 0.25) is 0 Å². The predicted octanol–water partition coefficient (Wildman–Crippen LogP) is 2.11. The Morgan fingerprint density at radius 3 is 2.51 bits per heavy atom. The average Bonchev–Trinajstić information content (AvgIpc) is 3.35. The second-order valence-electron chi connectivity index (χ2n) is 8.44. The van der Waals surface area contributed by atoms with Crippen molar-refractivity contribution in [1.29, 1.82) is 0 Å². The molecule has 13 heteroatoms. The number of furan rings is 1. The van der Waals surface area contributed by atoms with Crippen LogP contribution in [0.15, 0.2) is 56.9 Å². The summed E-state index contributed by atoms with van der Waals surface area (Å²) in [5.74, 6) is -1.80. The minimum absolute atomic E-state index is 0.0626. The normalized spacial score (nSPS) is 12.6. The van der Waals surface area contributed by atoms with Gasteiger partial charge in [0.15, 0.2) is 0 Å². The number of hydrogen-bond donors (Lipinski definition) is 2. The Labute approximate surface area is 198 Å². The Bertz CT molecular complexity index is 1340. The molecule has 0 bridgehead atoms. The first-order chi connectivity index (χ1) is 16.4. The van der Waals surface area contributed by atoms with Crippen LogP contribution in [-0.2, 0) is 9.53 Å². The number of aromatic nitrogens is 2. The number of nitro groups is 1. The molecule has 0 saturated heterocycles. The molecule has 2 aromatic heterocycles. The fourth-order valence-corrected chi connectivity index (χ4v) is 2.92. The maximum absolute atomic E-state index is 12.5. The summed E-state index contributed by atoms with van der Waals surface area (Å²) < 4.78 is 11.8. The number of carbonyl (C=O) groups excluding carboxylic acids is 2. The molecule has 1 aromatic carbocycles. The fraction of sp³-hybridized carbons (Fsp3) is 0.273. The lowest BCUT2D eigenvalue weighted by Crippen LogP contribution is -2.40. The van der Waals surface area contributed by atoms with E-state index in [-0.39, 0.29) is 11.4 Å². The average molecular weight is 485 g/mol. The van der Waals surface area contributed by atoms with Gasteiger partial charge >= 0.3 is 11.7 Å². The summed E-state index contributed by atoms with van der Waals surface area (Å²) in [4.78, 5) is 47.3. The molecule has 3 rings (SSSR count). The molecule has 0 fully saturated rings. The van der Waals surface area contributed by atoms with Gasteiger partial charge in [-0.2, -0.15) is 14.3 Å². The quantitative estimate of drug-likeness (QED) is 0.219. The smallest absolute Gasteiger partial charge is 0.358 e. The van der Waals surface area contributed by atoms with Gasteiger partial charge < -0.3 is 20.0 Å². The summed E-state index contributed by atoms with van der Waals surface area (Å²) in [6.07, 6.45) is 1.51. The number of carbonyl (C=O) groups is 2. The highest BCUT2D eigenvalue weighted by molar-refractivity contribution is 5.87. The zero-order valence-electron chi connectivity index (χ0n) is 19.1. The van der Waals surface area contributed by atoms with E-state index in [4.69, 9.17) is 14.9 Å². The van der Waals surface area contributed by atoms with E-state index in [0.717, 1.165) is 6.20 Å². The minimum Gasteiger partial charge on any atom is -0.493 e. The zero-order valence-corrected chi connectivity index (χ0v) is 19.1. The highest BCUT2D eigenvalue weighted by atomic mass is 16.6. The first-order valence-electron chi connectivity index (χ1n) is 10.3. The topological polar surface area (TPSA) is 185 Å². The number of imidazole rings is 1. The van der Waals surface area contributed by atoms with Crippen molar-refractivity contribution in [3.63, 3.8) is 0 Å². The first kappa shape index (κ1) is 25.1. The molecular weight excluding hydrogens is 462 g/mol. The standard InChI is InChI=1S/C22H23N5O8/c1-22(2,3)35-20(30)16(23)10-18(28)26-19(29)12-25(21(26)31)24-11-15-8-9-17(34-15)13-4-6-14(7-5-13)27(32)33/h4-9,11-12,16,29H,10,23H2,1-3H3. The molecule has 184 valence electrons. The van der Waals surface area contributed by atoms with Crippen LogP contribution < -0.4 is 11.4 Å². The number of rotatable bonds is 7. The number of nitro benzene ring substituents is 1. The summed E-state index contributed by atoms with van der Waals surface area (Å²) in [5.41, 5.74) is 4.44. The number of aromatic hydroxyl groups is 1. The second-order valence-corrected chi connectivity index (χ2v) is 8.44. The number of ether oxygens (including phenoxy) is 1. The van der Waals surface area contributed by atoms with Gasteiger partial charge in [-0.15, -0.1) is 0 Å². The third-order valence-electron chi connectivity index (χ3n) is 4.51. The van der Waals surface area contributed by atoms with Crippen molar-refractivity contribution in [2.24, 2.45) is 10.8 Å². The molecule has 3 N–H and O–H groups in total. The molecule has 0 saturated carbocycles. The van der Waals surface area contributed by atoms with Crippen LogP contribution >= 0.6 is 0 Å². The Morgan fingerprint density at radius 1 is 1.26 bits per heavy atom. The first-order valence-corrected chi connectivity index (χ1v) is 10.3. The lowest BCUT2D eigenvalue weighted by molar-refractivity contribution is -0.384. The van der Waals surface area contributed by atoms with Crippen LogP contribution in [-0.4, -0.2) is 49.0 Å². The van der Waals surface area contributed by atoms with Crippen molar-refractivity contribution in [3.8, 4) is 17.2 Å². The number of esters is 1. The summed E-state index contributed by atoms with van der Waals surface area (Å²) in [5, 5.41) is 24.7. The van der Waals surface area contributed by atoms with E-state index in [0.29, 0.717) is 20.6 Å². The Balaban J connectivity index is 1.73. The summed E-state index contributed by atoms with van der Waals surface area (Å²) in [6.45, 7) is 4.92. The van der Waals surface area contributed by atoms with Crippen LogP contribution in [0.1, 0.15) is 37.7 Å². The summed E-state index contributed by atoms with van der Waals surface area (Å²) in [6, 6.07) is 7.54. The van der Waals surface area contributed by atoms with Crippen molar-refractivity contribution in [3.05, 3.63) is 69.0 Å². The van der Waals surface area contributed by atoms with E-state index in [2.05, 4.69) is 5.10 Å². The lowest BCUT2D eigenvalue weighted by atomic mass is 10.1. The zero-order chi connectivity index (χ0) is 25.9. The van der Waals surface area contributed by atoms with Gasteiger partial charge in [-0.05, 0) is 45.0 Å². The van der Waals surface area contributed by atoms with Crippen molar-refractivity contribution >= 4 is 23.8 Å². The molecule has 35 heavy (non-hydrogen) atoms. The Hall–Kier alpha value is -4.52. The van der Waals surface area contributed by atoms with E-state index in [1.807, 2.05) is 0 Å². The van der Waals surface area contributed by atoms with Gasteiger partial charge in [-0.1, -0.05) is 0 Å². The molecule has 0 amide bonds. The van der Waals surface area contributed by atoms with E-state index in [9.17, 15) is 29.6 Å². The molecule has 0 aliphatic rings. The summed E-state index contributed by atoms with van der Waals surface area (Å²) >= 11 is 0. The molecule has 1 unspecified atom stereocenters. The molecule has 3 aromatic rings. The fourth-order valence-electron chi connectivity index (χ4n) is 2.92. The molecule has 0 aliphatic heterocycles. The largest absolute Gasteiger partial charge is 0.493 e. The maximum Gasteiger partial charge on any atom is 0.358 e. The summed E-state index contributed by atoms with van der Waals surface area (Å²) in [7, 11) is 0. The number of benzene rings is 1. The van der Waals surface area contributed by atoms with E-state index >= 15 is 0 Å². The van der Waals surface area contributed by atoms with E-state index in [1.165, 1.54) is 30.5 Å². The Kier molecular flexibility index (Phi) is 7.01. The van der Waals surface area contributed by atoms with Gasteiger partial charge in [0.2, 0.25) is 11.8 Å². The number of nitrogens with two attached hydrogens (primary N) is 1. The lowest BCUT2D eigenvalue weighted by Gasteiger charge is -2.21. The van der Waals surface area contributed by atoms with Crippen molar-refractivity contribution in [2.45, 2.75) is 38.8 Å². The third kappa shape index (κ3) is 6.09. The molecular formula is C22H23N5O8. The van der Waals surface area contributed by atoms with Gasteiger partial charge in [0.25, 0.3) is 5.69 Å². The number of hydrogen-bond acceptors (Lipinski definition) is 10. The van der Waals surface area contributed by atoms with Crippen LogP contribution in [0.25, 0.3) is 11.3 Å². The minimum atomic E-state index is -1.33. The van der Waals surface area contributed by atoms with Gasteiger partial charge in [-0.3, -0.25) is 19.7 Å².